The molecule has 1 saturated heterocycles. The fourth-order valence-corrected chi connectivity index (χ4v) is 3.62. The SMILES string of the molecule is CCCc1nc(CN2CCC(CNC(C)C)CC2)cs1. The number of aromatic nitrogens is 1. The second-order valence-electron chi connectivity index (χ2n) is 6.27. The third kappa shape index (κ3) is 5.15. The maximum atomic E-state index is 4.74. The van der Waals surface area contributed by atoms with Crippen molar-refractivity contribution in [2.24, 2.45) is 5.92 Å². The van der Waals surface area contributed by atoms with Crippen LogP contribution in [0.5, 0.6) is 0 Å². The molecule has 1 fully saturated rings. The summed E-state index contributed by atoms with van der Waals surface area (Å²) in [6, 6.07) is 0.611. The molecule has 0 unspecified atom stereocenters. The Morgan fingerprint density at radius 1 is 1.40 bits per heavy atom. The number of likely N-dealkylation sites (tertiary alicyclic amines) is 1. The molecule has 2 heterocycles. The van der Waals surface area contributed by atoms with Crippen LogP contribution in [0.15, 0.2) is 5.38 Å². The predicted molar refractivity (Wildman–Crippen MR) is 87.2 cm³/mol. The van der Waals surface area contributed by atoms with Crippen LogP contribution in [-0.2, 0) is 13.0 Å². The first-order valence-corrected chi connectivity index (χ1v) is 8.94. The van der Waals surface area contributed by atoms with Gasteiger partial charge in [-0.25, -0.2) is 4.98 Å². The van der Waals surface area contributed by atoms with Gasteiger partial charge in [0.15, 0.2) is 0 Å². The molecule has 0 amide bonds. The smallest absolute Gasteiger partial charge is 0.0928 e. The van der Waals surface area contributed by atoms with Gasteiger partial charge < -0.3 is 5.32 Å². The number of piperidine rings is 1. The minimum absolute atomic E-state index is 0.611. The highest BCUT2D eigenvalue weighted by molar-refractivity contribution is 7.09. The van der Waals surface area contributed by atoms with Crippen LogP contribution in [0.3, 0.4) is 0 Å². The van der Waals surface area contributed by atoms with Crippen LogP contribution < -0.4 is 5.32 Å². The van der Waals surface area contributed by atoms with E-state index in [2.05, 4.69) is 36.4 Å². The zero-order valence-corrected chi connectivity index (χ0v) is 14.0. The van der Waals surface area contributed by atoms with Crippen molar-refractivity contribution in [2.75, 3.05) is 19.6 Å². The summed E-state index contributed by atoms with van der Waals surface area (Å²) in [6.45, 7) is 11.4. The Morgan fingerprint density at radius 3 is 2.80 bits per heavy atom. The third-order valence-electron chi connectivity index (χ3n) is 3.97. The Labute approximate surface area is 127 Å². The van der Waals surface area contributed by atoms with Gasteiger partial charge >= 0.3 is 0 Å². The minimum atomic E-state index is 0.611. The molecule has 114 valence electrons. The van der Waals surface area contributed by atoms with Gasteiger partial charge in [0.05, 0.1) is 10.7 Å². The highest BCUT2D eigenvalue weighted by atomic mass is 32.1. The highest BCUT2D eigenvalue weighted by Gasteiger charge is 2.19. The fourth-order valence-electron chi connectivity index (χ4n) is 2.73. The van der Waals surface area contributed by atoms with Crippen molar-refractivity contribution in [3.8, 4) is 0 Å². The predicted octanol–water partition coefficient (Wildman–Crippen LogP) is 3.31. The van der Waals surface area contributed by atoms with Crippen molar-refractivity contribution >= 4 is 11.3 Å². The number of rotatable bonds is 7. The van der Waals surface area contributed by atoms with Gasteiger partial charge in [-0.2, -0.15) is 0 Å². The van der Waals surface area contributed by atoms with Gasteiger partial charge in [-0.05, 0) is 51.2 Å². The molecule has 1 N–H and O–H groups in total. The Bertz CT molecular complexity index is 381. The van der Waals surface area contributed by atoms with Gasteiger partial charge in [0, 0.05) is 18.0 Å². The largest absolute Gasteiger partial charge is 0.314 e. The normalized spacial score (nSPS) is 18.0. The third-order valence-corrected chi connectivity index (χ3v) is 4.93. The van der Waals surface area contributed by atoms with Crippen LogP contribution in [0, 0.1) is 5.92 Å². The highest BCUT2D eigenvalue weighted by Crippen LogP contribution is 2.20. The van der Waals surface area contributed by atoms with E-state index in [4.69, 9.17) is 4.98 Å². The second-order valence-corrected chi connectivity index (χ2v) is 7.21. The van der Waals surface area contributed by atoms with Crippen molar-refractivity contribution in [3.05, 3.63) is 16.1 Å². The van der Waals surface area contributed by atoms with E-state index >= 15 is 0 Å². The molecule has 3 nitrogen and oxygen atoms in total. The van der Waals surface area contributed by atoms with Crippen LogP contribution >= 0.6 is 11.3 Å². The zero-order chi connectivity index (χ0) is 14.4. The topological polar surface area (TPSA) is 28.2 Å². The van der Waals surface area contributed by atoms with Gasteiger partial charge in [0.25, 0.3) is 0 Å². The molecular weight excluding hydrogens is 266 g/mol. The molecule has 1 aromatic heterocycles. The Kier molecular flexibility index (Phi) is 6.46. The number of hydrogen-bond acceptors (Lipinski definition) is 4. The van der Waals surface area contributed by atoms with Crippen molar-refractivity contribution in [1.82, 2.24) is 15.2 Å². The van der Waals surface area contributed by atoms with E-state index in [1.165, 1.54) is 49.6 Å². The standard InChI is InChI=1S/C16H29N3S/c1-4-5-16-18-15(12-20-16)11-19-8-6-14(7-9-19)10-17-13(2)3/h12-14,17H,4-11H2,1-3H3. The van der Waals surface area contributed by atoms with Crippen molar-refractivity contribution in [1.29, 1.82) is 0 Å². The van der Waals surface area contributed by atoms with E-state index in [0.717, 1.165) is 18.9 Å². The lowest BCUT2D eigenvalue weighted by molar-refractivity contribution is 0.172. The van der Waals surface area contributed by atoms with Crippen LogP contribution in [0.25, 0.3) is 0 Å². The molecule has 1 aliphatic rings. The first-order chi connectivity index (χ1) is 9.67. The number of nitrogens with zero attached hydrogens (tertiary/aromatic N) is 2. The van der Waals surface area contributed by atoms with Crippen LogP contribution in [-0.4, -0.2) is 35.6 Å². The molecule has 4 heteroatoms. The Balaban J connectivity index is 1.70. The molecule has 0 saturated carbocycles. The Hall–Kier alpha value is -0.450. The second kappa shape index (κ2) is 8.11. The molecule has 0 aromatic carbocycles. The van der Waals surface area contributed by atoms with E-state index in [-0.39, 0.29) is 0 Å². The zero-order valence-electron chi connectivity index (χ0n) is 13.2. The molecule has 0 atom stereocenters. The summed E-state index contributed by atoms with van der Waals surface area (Å²) in [4.78, 5) is 7.30. The van der Waals surface area contributed by atoms with E-state index in [1.54, 1.807) is 0 Å². The molecule has 0 radical (unpaired) electrons. The van der Waals surface area contributed by atoms with Crippen LogP contribution in [0.2, 0.25) is 0 Å². The molecular formula is C16H29N3S. The van der Waals surface area contributed by atoms with Crippen molar-refractivity contribution in [2.45, 2.75) is 59.0 Å². The number of thiazole rings is 1. The van der Waals surface area contributed by atoms with Crippen molar-refractivity contribution in [3.63, 3.8) is 0 Å². The Morgan fingerprint density at radius 2 is 2.15 bits per heavy atom. The fraction of sp³-hybridized carbons (Fsp3) is 0.812. The number of hydrogen-bond donors (Lipinski definition) is 1. The number of aryl methyl sites for hydroxylation is 1. The number of nitrogens with one attached hydrogen (secondary N) is 1. The molecule has 1 aromatic rings. The molecule has 0 bridgehead atoms. The lowest BCUT2D eigenvalue weighted by Crippen LogP contribution is -2.38. The summed E-state index contributed by atoms with van der Waals surface area (Å²) in [5.74, 6) is 0.861. The maximum Gasteiger partial charge on any atom is 0.0928 e. The average Bonchev–Trinajstić information content (AvgIpc) is 2.86. The van der Waals surface area contributed by atoms with Gasteiger partial charge in [0.1, 0.15) is 0 Å². The van der Waals surface area contributed by atoms with Gasteiger partial charge in [-0.3, -0.25) is 4.90 Å². The lowest BCUT2D eigenvalue weighted by Gasteiger charge is -2.32. The van der Waals surface area contributed by atoms with E-state index in [1.807, 2.05) is 11.3 Å². The molecule has 0 spiro atoms. The summed E-state index contributed by atoms with van der Waals surface area (Å²) >= 11 is 1.83. The molecule has 1 aliphatic heterocycles. The summed E-state index contributed by atoms with van der Waals surface area (Å²) < 4.78 is 0. The molecule has 20 heavy (non-hydrogen) atoms. The maximum absolute atomic E-state index is 4.74. The summed E-state index contributed by atoms with van der Waals surface area (Å²) in [5, 5.41) is 7.12. The first-order valence-electron chi connectivity index (χ1n) is 8.06. The van der Waals surface area contributed by atoms with E-state index < -0.39 is 0 Å². The molecule has 0 aliphatic carbocycles. The molecule has 2 rings (SSSR count). The van der Waals surface area contributed by atoms with Gasteiger partial charge in [0.2, 0.25) is 0 Å². The van der Waals surface area contributed by atoms with Crippen molar-refractivity contribution < 1.29 is 0 Å². The van der Waals surface area contributed by atoms with Crippen LogP contribution in [0.1, 0.15) is 50.7 Å². The quantitative estimate of drug-likeness (QED) is 0.836. The van der Waals surface area contributed by atoms with E-state index in [0.29, 0.717) is 6.04 Å². The summed E-state index contributed by atoms with van der Waals surface area (Å²) in [5.41, 5.74) is 1.28. The van der Waals surface area contributed by atoms with E-state index in [9.17, 15) is 0 Å². The lowest BCUT2D eigenvalue weighted by atomic mass is 9.96. The first kappa shape index (κ1) is 15.9. The summed E-state index contributed by atoms with van der Waals surface area (Å²) in [7, 11) is 0. The van der Waals surface area contributed by atoms with Gasteiger partial charge in [-0.1, -0.05) is 20.8 Å². The average molecular weight is 295 g/mol. The summed E-state index contributed by atoms with van der Waals surface area (Å²) in [6.07, 6.45) is 4.98. The van der Waals surface area contributed by atoms with Crippen LogP contribution in [0.4, 0.5) is 0 Å². The minimum Gasteiger partial charge on any atom is -0.314 e. The van der Waals surface area contributed by atoms with Gasteiger partial charge in [-0.15, -0.1) is 11.3 Å². The monoisotopic (exact) mass is 295 g/mol.